The summed E-state index contributed by atoms with van der Waals surface area (Å²) in [6.45, 7) is 2.93. The van der Waals surface area contributed by atoms with E-state index >= 15 is 0 Å². The van der Waals surface area contributed by atoms with Crippen LogP contribution in [0.1, 0.15) is 22.6 Å². The van der Waals surface area contributed by atoms with Crippen LogP contribution in [0.4, 0.5) is 0 Å². The van der Waals surface area contributed by atoms with Gasteiger partial charge in [-0.1, -0.05) is 60.7 Å². The summed E-state index contributed by atoms with van der Waals surface area (Å²) in [5.41, 5.74) is 5.99. The average molecular weight is 498 g/mol. The minimum atomic E-state index is -0.108. The summed E-state index contributed by atoms with van der Waals surface area (Å²) in [7, 11) is 1.63. The van der Waals surface area contributed by atoms with Gasteiger partial charge in [0.2, 0.25) is 0 Å². The molecule has 5 heteroatoms. The normalized spacial score (nSPS) is 11.5. The van der Waals surface area contributed by atoms with E-state index in [1.165, 1.54) is 11.1 Å². The van der Waals surface area contributed by atoms with E-state index in [-0.39, 0.29) is 5.56 Å². The molecular weight excluding hydrogens is 470 g/mol. The van der Waals surface area contributed by atoms with E-state index in [4.69, 9.17) is 9.72 Å². The summed E-state index contributed by atoms with van der Waals surface area (Å²) in [5, 5.41) is 1.74. The molecule has 2 heterocycles. The highest BCUT2D eigenvalue weighted by Crippen LogP contribution is 2.29. The smallest absolute Gasteiger partial charge is 0.266 e. The van der Waals surface area contributed by atoms with Crippen molar-refractivity contribution in [3.63, 3.8) is 0 Å². The molecule has 0 amide bonds. The monoisotopic (exact) mass is 497 g/mol. The first-order chi connectivity index (χ1) is 18.6. The van der Waals surface area contributed by atoms with Crippen LogP contribution in [0.2, 0.25) is 0 Å². The van der Waals surface area contributed by atoms with Crippen molar-refractivity contribution < 1.29 is 4.74 Å². The second-order valence-corrected chi connectivity index (χ2v) is 9.25. The van der Waals surface area contributed by atoms with E-state index in [2.05, 4.69) is 66.1 Å². The summed E-state index contributed by atoms with van der Waals surface area (Å²) >= 11 is 0. The third-order valence-electron chi connectivity index (χ3n) is 6.99. The molecule has 0 aliphatic heterocycles. The quantitative estimate of drug-likeness (QED) is 0.252. The molecule has 4 aromatic carbocycles. The molecular formula is C33H27N3O2. The van der Waals surface area contributed by atoms with Crippen LogP contribution in [0, 0.1) is 6.92 Å². The van der Waals surface area contributed by atoms with Gasteiger partial charge in [0.15, 0.2) is 0 Å². The lowest BCUT2D eigenvalue weighted by atomic mass is 10.1. The lowest BCUT2D eigenvalue weighted by Gasteiger charge is -2.12. The van der Waals surface area contributed by atoms with E-state index in [9.17, 15) is 4.79 Å². The number of para-hydroxylation sites is 2. The molecule has 0 N–H and O–H groups in total. The Morgan fingerprint density at radius 1 is 0.789 bits per heavy atom. The molecule has 0 atom stereocenters. The molecule has 0 fully saturated rings. The highest BCUT2D eigenvalue weighted by molar-refractivity contribution is 5.94. The van der Waals surface area contributed by atoms with Crippen molar-refractivity contribution in [3.8, 4) is 11.4 Å². The standard InChI is InChI=1S/C33H27N3O2/c1-23-27(28-12-7-9-15-31(28)35(23)22-24-10-4-3-5-11-24)20-21-32-34-30-14-8-6-13-29(30)33(37)36(32)25-16-18-26(38-2)19-17-25/h3-21H,22H2,1-2H3. The minimum absolute atomic E-state index is 0.108. The van der Waals surface area contributed by atoms with Crippen molar-refractivity contribution >= 4 is 34.0 Å². The Kier molecular flexibility index (Phi) is 6.10. The van der Waals surface area contributed by atoms with Gasteiger partial charge in [-0.05, 0) is 67.1 Å². The van der Waals surface area contributed by atoms with Gasteiger partial charge in [0.05, 0.1) is 23.7 Å². The molecule has 0 saturated carbocycles. The van der Waals surface area contributed by atoms with Gasteiger partial charge in [0.1, 0.15) is 11.6 Å². The zero-order valence-corrected chi connectivity index (χ0v) is 21.3. The van der Waals surface area contributed by atoms with E-state index in [1.807, 2.05) is 60.7 Å². The van der Waals surface area contributed by atoms with Crippen molar-refractivity contribution in [1.82, 2.24) is 14.1 Å². The summed E-state index contributed by atoms with van der Waals surface area (Å²) in [6, 6.07) is 33.8. The van der Waals surface area contributed by atoms with Gasteiger partial charge in [-0.15, -0.1) is 0 Å². The molecule has 0 unspecified atom stereocenters. The topological polar surface area (TPSA) is 49.0 Å². The molecule has 0 aliphatic carbocycles. The second-order valence-electron chi connectivity index (χ2n) is 9.25. The average Bonchev–Trinajstić information content (AvgIpc) is 3.23. The molecule has 0 bridgehead atoms. The SMILES string of the molecule is COc1ccc(-n2c(C=Cc3c(C)n(Cc4ccccc4)c4ccccc34)nc3ccccc3c2=O)cc1. The number of rotatable bonds is 6. The number of aromatic nitrogens is 3. The first-order valence-corrected chi connectivity index (χ1v) is 12.6. The van der Waals surface area contributed by atoms with Crippen LogP contribution in [-0.2, 0) is 6.54 Å². The summed E-state index contributed by atoms with van der Waals surface area (Å²) < 4.78 is 9.33. The maximum atomic E-state index is 13.7. The first-order valence-electron chi connectivity index (χ1n) is 12.6. The molecule has 5 nitrogen and oxygen atoms in total. The Morgan fingerprint density at radius 2 is 1.47 bits per heavy atom. The lowest BCUT2D eigenvalue weighted by Crippen LogP contribution is -2.22. The Labute approximate surface area is 220 Å². The predicted molar refractivity (Wildman–Crippen MR) is 155 cm³/mol. The highest BCUT2D eigenvalue weighted by atomic mass is 16.5. The van der Waals surface area contributed by atoms with Crippen molar-refractivity contribution in [2.75, 3.05) is 7.11 Å². The molecule has 6 aromatic rings. The fourth-order valence-electron chi connectivity index (χ4n) is 5.04. The number of ether oxygens (including phenoxy) is 1. The van der Waals surface area contributed by atoms with E-state index in [0.29, 0.717) is 16.7 Å². The maximum Gasteiger partial charge on any atom is 0.266 e. The summed E-state index contributed by atoms with van der Waals surface area (Å²) in [5.74, 6) is 1.30. The molecule has 0 saturated heterocycles. The Bertz CT molecular complexity index is 1850. The maximum absolute atomic E-state index is 13.7. The van der Waals surface area contributed by atoms with Gasteiger partial charge in [-0.25, -0.2) is 4.98 Å². The van der Waals surface area contributed by atoms with Crippen LogP contribution in [0.25, 0.3) is 39.6 Å². The van der Waals surface area contributed by atoms with E-state index < -0.39 is 0 Å². The van der Waals surface area contributed by atoms with Crippen molar-refractivity contribution in [1.29, 1.82) is 0 Å². The fourth-order valence-corrected chi connectivity index (χ4v) is 5.04. The minimum Gasteiger partial charge on any atom is -0.497 e. The van der Waals surface area contributed by atoms with Gasteiger partial charge >= 0.3 is 0 Å². The molecule has 38 heavy (non-hydrogen) atoms. The van der Waals surface area contributed by atoms with Crippen LogP contribution < -0.4 is 10.3 Å². The summed E-state index contributed by atoms with van der Waals surface area (Å²) in [6.07, 6.45) is 4.02. The molecule has 186 valence electrons. The molecule has 0 radical (unpaired) electrons. The van der Waals surface area contributed by atoms with E-state index in [1.54, 1.807) is 11.7 Å². The van der Waals surface area contributed by atoms with Crippen molar-refractivity contribution in [2.45, 2.75) is 13.5 Å². The second kappa shape index (κ2) is 9.87. The van der Waals surface area contributed by atoms with E-state index in [0.717, 1.165) is 34.6 Å². The number of benzene rings is 4. The molecule has 0 aliphatic rings. The Balaban J connectivity index is 1.51. The van der Waals surface area contributed by atoms with Crippen LogP contribution in [-0.4, -0.2) is 21.2 Å². The number of fused-ring (bicyclic) bond motifs is 2. The van der Waals surface area contributed by atoms with Crippen LogP contribution in [0.15, 0.2) is 108 Å². The number of nitrogens with zero attached hydrogens (tertiary/aromatic N) is 3. The zero-order chi connectivity index (χ0) is 26.1. The number of hydrogen-bond donors (Lipinski definition) is 0. The Hall–Kier alpha value is -4.90. The van der Waals surface area contributed by atoms with Gasteiger partial charge in [-0.3, -0.25) is 9.36 Å². The van der Waals surface area contributed by atoms with Gasteiger partial charge < -0.3 is 9.30 Å². The largest absolute Gasteiger partial charge is 0.497 e. The lowest BCUT2D eigenvalue weighted by molar-refractivity contribution is 0.414. The highest BCUT2D eigenvalue weighted by Gasteiger charge is 2.14. The van der Waals surface area contributed by atoms with Gasteiger partial charge in [-0.2, -0.15) is 0 Å². The number of methoxy groups -OCH3 is 1. The summed E-state index contributed by atoms with van der Waals surface area (Å²) in [4.78, 5) is 18.5. The van der Waals surface area contributed by atoms with Crippen LogP contribution >= 0.6 is 0 Å². The molecule has 0 spiro atoms. The zero-order valence-electron chi connectivity index (χ0n) is 21.3. The molecule has 6 rings (SSSR count). The number of hydrogen-bond acceptors (Lipinski definition) is 3. The van der Waals surface area contributed by atoms with Crippen molar-refractivity contribution in [2.24, 2.45) is 0 Å². The molecule has 2 aromatic heterocycles. The van der Waals surface area contributed by atoms with Crippen LogP contribution in [0.5, 0.6) is 5.75 Å². The fraction of sp³-hybridized carbons (Fsp3) is 0.0909. The van der Waals surface area contributed by atoms with Crippen LogP contribution in [0.3, 0.4) is 0 Å². The van der Waals surface area contributed by atoms with Gasteiger partial charge in [0, 0.05) is 28.7 Å². The first kappa shape index (κ1) is 23.5. The van der Waals surface area contributed by atoms with Gasteiger partial charge in [0.25, 0.3) is 5.56 Å². The third kappa shape index (κ3) is 4.18. The Morgan fingerprint density at radius 3 is 2.24 bits per heavy atom. The third-order valence-corrected chi connectivity index (χ3v) is 6.99. The predicted octanol–water partition coefficient (Wildman–Crippen LogP) is 6.88. The van der Waals surface area contributed by atoms with Crippen molar-refractivity contribution in [3.05, 3.63) is 136 Å².